The lowest BCUT2D eigenvalue weighted by atomic mass is 10.1. The smallest absolute Gasteiger partial charge is 0.189 e. The number of carbonyl (C=O) groups is 1. The molecule has 0 amide bonds. The van der Waals surface area contributed by atoms with E-state index >= 15 is 0 Å². The Bertz CT molecular complexity index is 627. The first-order chi connectivity index (χ1) is 9.11. The molecule has 0 unspecified atom stereocenters. The van der Waals surface area contributed by atoms with E-state index in [4.69, 9.17) is 4.74 Å². The Morgan fingerprint density at radius 2 is 2.21 bits per heavy atom. The van der Waals surface area contributed by atoms with E-state index in [2.05, 4.69) is 5.10 Å². The molecular weight excluding hydrogens is 240 g/mol. The fraction of sp³-hybridized carbons (Fsp3) is 0.200. The molecule has 19 heavy (non-hydrogen) atoms. The summed E-state index contributed by atoms with van der Waals surface area (Å²) in [6.45, 7) is 1.87. The Morgan fingerprint density at radius 1 is 1.42 bits per heavy atom. The average molecular weight is 256 g/mol. The zero-order valence-corrected chi connectivity index (χ0v) is 11.3. The van der Waals surface area contributed by atoms with Crippen LogP contribution in [0.25, 0.3) is 6.08 Å². The molecule has 1 heterocycles. The highest BCUT2D eigenvalue weighted by Gasteiger charge is 2.09. The first-order valence-corrected chi connectivity index (χ1v) is 5.97. The van der Waals surface area contributed by atoms with Crippen LogP contribution in [0.1, 0.15) is 21.6 Å². The normalized spacial score (nSPS) is 10.9. The number of carbonyl (C=O) groups excluding carboxylic acids is 1. The molecule has 0 N–H and O–H groups in total. The van der Waals surface area contributed by atoms with Gasteiger partial charge in [0.15, 0.2) is 5.78 Å². The number of benzene rings is 1. The number of rotatable bonds is 4. The maximum Gasteiger partial charge on any atom is 0.189 e. The maximum atomic E-state index is 12.0. The summed E-state index contributed by atoms with van der Waals surface area (Å²) in [5.74, 6) is 0.723. The summed E-state index contributed by atoms with van der Waals surface area (Å²) < 4.78 is 6.82. The largest absolute Gasteiger partial charge is 0.497 e. The molecule has 0 fully saturated rings. The molecule has 0 aliphatic carbocycles. The van der Waals surface area contributed by atoms with Gasteiger partial charge in [-0.3, -0.25) is 9.48 Å². The fourth-order valence-electron chi connectivity index (χ4n) is 1.75. The summed E-state index contributed by atoms with van der Waals surface area (Å²) >= 11 is 0. The van der Waals surface area contributed by atoms with Crippen LogP contribution in [0.4, 0.5) is 0 Å². The van der Waals surface area contributed by atoms with E-state index in [1.54, 1.807) is 30.1 Å². The standard InChI is InChI=1S/C15H16N2O2/c1-11-14(10-16-17(11)2)15(18)8-7-12-5-4-6-13(9-12)19-3/h4-10H,1-3H3/b8-7+. The van der Waals surface area contributed by atoms with Gasteiger partial charge in [0.2, 0.25) is 0 Å². The Balaban J connectivity index is 2.18. The van der Waals surface area contributed by atoms with Crippen molar-refractivity contribution in [2.45, 2.75) is 6.92 Å². The zero-order valence-electron chi connectivity index (χ0n) is 11.3. The number of hydrogen-bond donors (Lipinski definition) is 0. The van der Waals surface area contributed by atoms with Gasteiger partial charge in [0, 0.05) is 12.7 Å². The Kier molecular flexibility index (Phi) is 3.80. The fourth-order valence-corrected chi connectivity index (χ4v) is 1.75. The lowest BCUT2D eigenvalue weighted by Gasteiger charge is -2.00. The van der Waals surface area contributed by atoms with Crippen molar-refractivity contribution in [2.75, 3.05) is 7.11 Å². The van der Waals surface area contributed by atoms with Crippen LogP contribution in [0, 0.1) is 6.92 Å². The number of allylic oxidation sites excluding steroid dienone is 1. The summed E-state index contributed by atoms with van der Waals surface area (Å²) in [5, 5.41) is 4.06. The van der Waals surface area contributed by atoms with Crippen molar-refractivity contribution in [3.05, 3.63) is 53.4 Å². The van der Waals surface area contributed by atoms with Crippen molar-refractivity contribution in [3.63, 3.8) is 0 Å². The quantitative estimate of drug-likeness (QED) is 0.624. The molecule has 2 aromatic rings. The van der Waals surface area contributed by atoms with Crippen molar-refractivity contribution in [2.24, 2.45) is 7.05 Å². The molecular formula is C15H16N2O2. The van der Waals surface area contributed by atoms with Crippen LogP contribution in [0.5, 0.6) is 5.75 Å². The molecule has 0 aliphatic rings. The number of nitrogens with zero attached hydrogens (tertiary/aromatic N) is 2. The molecule has 0 atom stereocenters. The molecule has 98 valence electrons. The van der Waals surface area contributed by atoms with Crippen molar-refractivity contribution >= 4 is 11.9 Å². The predicted octanol–water partition coefficient (Wildman–Crippen LogP) is 2.63. The molecule has 2 rings (SSSR count). The van der Waals surface area contributed by atoms with Crippen molar-refractivity contribution in [3.8, 4) is 5.75 Å². The van der Waals surface area contributed by atoms with E-state index in [1.165, 1.54) is 0 Å². The van der Waals surface area contributed by atoms with Crippen molar-refractivity contribution in [1.82, 2.24) is 9.78 Å². The van der Waals surface area contributed by atoms with Gasteiger partial charge >= 0.3 is 0 Å². The molecule has 1 aromatic heterocycles. The lowest BCUT2D eigenvalue weighted by molar-refractivity contribution is 0.104. The van der Waals surface area contributed by atoms with Crippen LogP contribution in [0.3, 0.4) is 0 Å². The first-order valence-electron chi connectivity index (χ1n) is 5.97. The summed E-state index contributed by atoms with van der Waals surface area (Å²) in [4.78, 5) is 12.0. The molecule has 0 radical (unpaired) electrons. The SMILES string of the molecule is COc1cccc(/C=C/C(=O)c2cnn(C)c2C)c1. The third-order valence-electron chi connectivity index (χ3n) is 3.02. The van der Waals surface area contributed by atoms with Gasteiger partial charge < -0.3 is 4.74 Å². The highest BCUT2D eigenvalue weighted by Crippen LogP contribution is 2.14. The minimum absolute atomic E-state index is 0.0478. The second-order valence-corrected chi connectivity index (χ2v) is 4.24. The van der Waals surface area contributed by atoms with Crippen molar-refractivity contribution in [1.29, 1.82) is 0 Å². The second-order valence-electron chi connectivity index (χ2n) is 4.24. The van der Waals surface area contributed by atoms with E-state index < -0.39 is 0 Å². The minimum Gasteiger partial charge on any atom is -0.497 e. The van der Waals surface area contributed by atoms with Crippen LogP contribution in [0.2, 0.25) is 0 Å². The summed E-state index contributed by atoms with van der Waals surface area (Å²) in [5.41, 5.74) is 2.41. The Hall–Kier alpha value is -2.36. The summed E-state index contributed by atoms with van der Waals surface area (Å²) in [7, 11) is 3.44. The summed E-state index contributed by atoms with van der Waals surface area (Å²) in [6.07, 6.45) is 4.92. The average Bonchev–Trinajstić information content (AvgIpc) is 2.77. The Morgan fingerprint density at radius 3 is 2.84 bits per heavy atom. The van der Waals surface area contributed by atoms with Crippen LogP contribution in [-0.4, -0.2) is 22.7 Å². The lowest BCUT2D eigenvalue weighted by Crippen LogP contribution is -1.98. The number of ketones is 1. The third kappa shape index (κ3) is 2.91. The maximum absolute atomic E-state index is 12.0. The van der Waals surface area contributed by atoms with E-state index in [-0.39, 0.29) is 5.78 Å². The van der Waals surface area contributed by atoms with E-state index in [1.807, 2.05) is 38.2 Å². The van der Waals surface area contributed by atoms with E-state index in [0.29, 0.717) is 5.56 Å². The van der Waals surface area contributed by atoms with Gasteiger partial charge in [-0.25, -0.2) is 0 Å². The number of aromatic nitrogens is 2. The summed E-state index contributed by atoms with van der Waals surface area (Å²) in [6, 6.07) is 7.55. The van der Waals surface area contributed by atoms with Gasteiger partial charge in [-0.2, -0.15) is 5.10 Å². The molecule has 0 aliphatic heterocycles. The number of methoxy groups -OCH3 is 1. The topological polar surface area (TPSA) is 44.1 Å². The van der Waals surface area contributed by atoms with Gasteiger partial charge in [-0.1, -0.05) is 18.2 Å². The van der Waals surface area contributed by atoms with Gasteiger partial charge in [0.1, 0.15) is 5.75 Å². The first kappa shape index (κ1) is 13.1. The third-order valence-corrected chi connectivity index (χ3v) is 3.02. The van der Waals surface area contributed by atoms with Gasteiger partial charge in [-0.15, -0.1) is 0 Å². The van der Waals surface area contributed by atoms with Gasteiger partial charge in [-0.05, 0) is 30.7 Å². The molecule has 0 spiro atoms. The molecule has 0 saturated heterocycles. The van der Waals surface area contributed by atoms with Crippen LogP contribution < -0.4 is 4.74 Å². The molecule has 1 aromatic carbocycles. The molecule has 4 heteroatoms. The van der Waals surface area contributed by atoms with Crippen LogP contribution >= 0.6 is 0 Å². The Labute approximate surface area is 112 Å². The number of hydrogen-bond acceptors (Lipinski definition) is 3. The monoisotopic (exact) mass is 256 g/mol. The van der Waals surface area contributed by atoms with E-state index in [9.17, 15) is 4.79 Å². The molecule has 0 bridgehead atoms. The molecule has 4 nitrogen and oxygen atoms in total. The minimum atomic E-state index is -0.0478. The highest BCUT2D eigenvalue weighted by molar-refractivity contribution is 6.07. The van der Waals surface area contributed by atoms with E-state index in [0.717, 1.165) is 17.0 Å². The predicted molar refractivity (Wildman–Crippen MR) is 74.3 cm³/mol. The van der Waals surface area contributed by atoms with Crippen molar-refractivity contribution < 1.29 is 9.53 Å². The van der Waals surface area contributed by atoms with Gasteiger partial charge in [0.25, 0.3) is 0 Å². The number of aryl methyl sites for hydroxylation is 1. The van der Waals surface area contributed by atoms with Crippen LogP contribution in [0.15, 0.2) is 36.5 Å². The number of ether oxygens (including phenoxy) is 1. The van der Waals surface area contributed by atoms with Gasteiger partial charge in [0.05, 0.1) is 18.9 Å². The second kappa shape index (κ2) is 5.52. The zero-order chi connectivity index (χ0) is 13.8. The highest BCUT2D eigenvalue weighted by atomic mass is 16.5. The molecule has 0 saturated carbocycles. The van der Waals surface area contributed by atoms with Crippen LogP contribution in [-0.2, 0) is 7.05 Å².